The van der Waals surface area contributed by atoms with Crippen LogP contribution in [0.2, 0.25) is 10.2 Å². The van der Waals surface area contributed by atoms with E-state index in [9.17, 15) is 9.59 Å². The number of esters is 1. The Kier molecular flexibility index (Phi) is 5.44. The molecule has 1 aliphatic heterocycles. The molecule has 138 valence electrons. The summed E-state index contributed by atoms with van der Waals surface area (Å²) in [5, 5.41) is 3.48. The van der Waals surface area contributed by atoms with Crippen molar-refractivity contribution in [2.24, 2.45) is 7.05 Å². The topological polar surface area (TPSA) is 63.6 Å². The Bertz CT molecular complexity index is 858. The summed E-state index contributed by atoms with van der Waals surface area (Å²) in [6.45, 7) is 1.81. The van der Waals surface area contributed by atoms with E-state index in [0.717, 1.165) is 31.6 Å². The van der Waals surface area contributed by atoms with Crippen molar-refractivity contribution in [2.75, 3.05) is 30.4 Å². The van der Waals surface area contributed by atoms with Gasteiger partial charge in [0.15, 0.2) is 0 Å². The van der Waals surface area contributed by atoms with Crippen molar-refractivity contribution < 1.29 is 14.3 Å². The number of nitrogens with one attached hydrogen (secondary N) is 1. The lowest BCUT2D eigenvalue weighted by Gasteiger charge is -2.22. The number of halogens is 2. The van der Waals surface area contributed by atoms with E-state index >= 15 is 0 Å². The Hall–Kier alpha value is -2.18. The first-order valence-corrected chi connectivity index (χ1v) is 8.97. The molecule has 8 heteroatoms. The Morgan fingerprint density at radius 1 is 1.15 bits per heavy atom. The molecular formula is C18H19Cl2N3O3. The molecule has 26 heavy (non-hydrogen) atoms. The molecule has 2 aromatic rings. The number of carbonyl (C=O) groups is 2. The molecule has 1 aromatic carbocycles. The maximum absolute atomic E-state index is 12.7. The SMILES string of the molecule is COC(=O)c1ccc(N2CCCC2)c(NC(=O)c2cc(Cl)c(Cl)n2C)c1. The number of amides is 1. The summed E-state index contributed by atoms with van der Waals surface area (Å²) in [6, 6.07) is 6.67. The molecule has 0 saturated carbocycles. The Morgan fingerprint density at radius 3 is 2.42 bits per heavy atom. The van der Waals surface area contributed by atoms with Crippen LogP contribution >= 0.6 is 23.2 Å². The first-order chi connectivity index (χ1) is 12.4. The largest absolute Gasteiger partial charge is 0.465 e. The highest BCUT2D eigenvalue weighted by Gasteiger charge is 2.21. The number of hydrogen-bond donors (Lipinski definition) is 1. The first-order valence-electron chi connectivity index (χ1n) is 8.21. The molecule has 6 nitrogen and oxygen atoms in total. The van der Waals surface area contributed by atoms with Crippen LogP contribution in [-0.4, -0.2) is 36.6 Å². The summed E-state index contributed by atoms with van der Waals surface area (Å²) in [6.07, 6.45) is 2.18. The van der Waals surface area contributed by atoms with Crippen LogP contribution in [0.4, 0.5) is 11.4 Å². The molecule has 3 rings (SSSR count). The van der Waals surface area contributed by atoms with Crippen molar-refractivity contribution >= 4 is 46.5 Å². The number of aromatic nitrogens is 1. The third-order valence-corrected chi connectivity index (χ3v) is 5.30. The van der Waals surface area contributed by atoms with Gasteiger partial charge in [0.2, 0.25) is 0 Å². The number of carbonyl (C=O) groups excluding carboxylic acids is 2. The number of ether oxygens (including phenoxy) is 1. The fourth-order valence-corrected chi connectivity index (χ4v) is 3.44. The normalized spacial score (nSPS) is 13.8. The summed E-state index contributed by atoms with van der Waals surface area (Å²) in [5.41, 5.74) is 2.12. The van der Waals surface area contributed by atoms with Gasteiger partial charge in [-0.05, 0) is 37.1 Å². The van der Waals surface area contributed by atoms with E-state index in [0.29, 0.717) is 27.1 Å². The molecule has 0 aliphatic carbocycles. The highest BCUT2D eigenvalue weighted by Crippen LogP contribution is 2.32. The summed E-state index contributed by atoms with van der Waals surface area (Å²) in [5.74, 6) is -0.817. The van der Waals surface area contributed by atoms with Crippen molar-refractivity contribution in [1.82, 2.24) is 4.57 Å². The monoisotopic (exact) mass is 395 g/mol. The van der Waals surface area contributed by atoms with Gasteiger partial charge in [-0.3, -0.25) is 4.79 Å². The van der Waals surface area contributed by atoms with Crippen LogP contribution in [0.3, 0.4) is 0 Å². The fraction of sp³-hybridized carbons (Fsp3) is 0.333. The van der Waals surface area contributed by atoms with E-state index < -0.39 is 5.97 Å². The predicted octanol–water partition coefficient (Wildman–Crippen LogP) is 3.97. The van der Waals surface area contributed by atoms with Gasteiger partial charge in [0.25, 0.3) is 5.91 Å². The van der Waals surface area contributed by atoms with Crippen molar-refractivity contribution in [3.8, 4) is 0 Å². The van der Waals surface area contributed by atoms with Gasteiger partial charge in [-0.15, -0.1) is 0 Å². The molecule has 1 aromatic heterocycles. The molecular weight excluding hydrogens is 377 g/mol. The molecule has 1 aliphatic rings. The number of anilines is 2. The predicted molar refractivity (Wildman–Crippen MR) is 103 cm³/mol. The van der Waals surface area contributed by atoms with Crippen LogP contribution in [0, 0.1) is 0 Å². The van der Waals surface area contributed by atoms with Crippen LogP contribution in [-0.2, 0) is 11.8 Å². The van der Waals surface area contributed by atoms with Gasteiger partial charge in [-0.25, -0.2) is 4.79 Å². The zero-order valence-corrected chi connectivity index (χ0v) is 16.0. The number of rotatable bonds is 4. The smallest absolute Gasteiger partial charge is 0.337 e. The van der Waals surface area contributed by atoms with E-state index in [-0.39, 0.29) is 5.91 Å². The maximum atomic E-state index is 12.7. The summed E-state index contributed by atoms with van der Waals surface area (Å²) >= 11 is 12.0. The van der Waals surface area contributed by atoms with Crippen molar-refractivity contribution in [3.05, 3.63) is 45.7 Å². The van der Waals surface area contributed by atoms with Crippen LogP contribution in [0.1, 0.15) is 33.7 Å². The lowest BCUT2D eigenvalue weighted by atomic mass is 10.1. The molecule has 1 amide bonds. The van der Waals surface area contributed by atoms with E-state index in [1.165, 1.54) is 17.7 Å². The molecule has 1 N–H and O–H groups in total. The summed E-state index contributed by atoms with van der Waals surface area (Å²) < 4.78 is 6.29. The second-order valence-corrected chi connectivity index (χ2v) is 6.86. The second-order valence-electron chi connectivity index (χ2n) is 6.10. The molecule has 0 unspecified atom stereocenters. The second kappa shape index (κ2) is 7.60. The van der Waals surface area contributed by atoms with Crippen molar-refractivity contribution in [1.29, 1.82) is 0 Å². The summed E-state index contributed by atoms with van der Waals surface area (Å²) in [4.78, 5) is 26.8. The van der Waals surface area contributed by atoms with Crippen LogP contribution in [0.25, 0.3) is 0 Å². The molecule has 2 heterocycles. The van der Waals surface area contributed by atoms with Crippen LogP contribution in [0.5, 0.6) is 0 Å². The van der Waals surface area contributed by atoms with Gasteiger partial charge in [0.1, 0.15) is 10.8 Å². The fourth-order valence-electron chi connectivity index (χ4n) is 3.06. The molecule has 0 spiro atoms. The highest BCUT2D eigenvalue weighted by molar-refractivity contribution is 6.42. The third-order valence-electron chi connectivity index (χ3n) is 4.46. The number of hydrogen-bond acceptors (Lipinski definition) is 4. The molecule has 1 fully saturated rings. The Morgan fingerprint density at radius 2 is 1.85 bits per heavy atom. The van der Waals surface area contributed by atoms with E-state index in [1.54, 1.807) is 19.2 Å². The lowest BCUT2D eigenvalue weighted by Crippen LogP contribution is -2.22. The Labute approximate surface area is 161 Å². The van der Waals surface area contributed by atoms with E-state index in [4.69, 9.17) is 27.9 Å². The zero-order chi connectivity index (χ0) is 18.8. The lowest BCUT2D eigenvalue weighted by molar-refractivity contribution is 0.0600. The van der Waals surface area contributed by atoms with Gasteiger partial charge >= 0.3 is 5.97 Å². The zero-order valence-electron chi connectivity index (χ0n) is 14.5. The molecule has 1 saturated heterocycles. The Balaban J connectivity index is 1.96. The van der Waals surface area contributed by atoms with Gasteiger partial charge in [-0.2, -0.15) is 0 Å². The molecule has 0 radical (unpaired) electrons. The molecule has 0 bridgehead atoms. The minimum Gasteiger partial charge on any atom is -0.465 e. The minimum absolute atomic E-state index is 0.292. The highest BCUT2D eigenvalue weighted by atomic mass is 35.5. The van der Waals surface area contributed by atoms with Gasteiger partial charge in [0, 0.05) is 20.1 Å². The quantitative estimate of drug-likeness (QED) is 0.795. The van der Waals surface area contributed by atoms with Gasteiger partial charge in [-0.1, -0.05) is 23.2 Å². The number of methoxy groups -OCH3 is 1. The average Bonchev–Trinajstić information content (AvgIpc) is 3.25. The first kappa shape index (κ1) is 18.6. The van der Waals surface area contributed by atoms with Gasteiger partial charge in [0.05, 0.1) is 29.1 Å². The maximum Gasteiger partial charge on any atom is 0.337 e. The van der Waals surface area contributed by atoms with Gasteiger partial charge < -0.3 is 19.5 Å². The average molecular weight is 396 g/mol. The summed E-state index contributed by atoms with van der Waals surface area (Å²) in [7, 11) is 2.98. The standard InChI is InChI=1S/C18H19Cl2N3O3/c1-22-15(10-12(19)16(22)20)17(24)21-13-9-11(18(25)26-2)5-6-14(13)23-7-3-4-8-23/h5-6,9-10H,3-4,7-8H2,1-2H3,(H,21,24). The van der Waals surface area contributed by atoms with Crippen molar-refractivity contribution in [2.45, 2.75) is 12.8 Å². The third kappa shape index (κ3) is 3.52. The van der Waals surface area contributed by atoms with Crippen LogP contribution in [0.15, 0.2) is 24.3 Å². The van der Waals surface area contributed by atoms with Crippen LogP contribution < -0.4 is 10.2 Å². The van der Waals surface area contributed by atoms with Crippen molar-refractivity contribution in [3.63, 3.8) is 0 Å². The number of nitrogens with zero attached hydrogens (tertiary/aromatic N) is 2. The molecule has 0 atom stereocenters. The minimum atomic E-state index is -0.460. The van der Waals surface area contributed by atoms with E-state index in [1.807, 2.05) is 6.07 Å². The van der Waals surface area contributed by atoms with E-state index in [2.05, 4.69) is 10.2 Å². The number of benzene rings is 1.